The van der Waals surface area contributed by atoms with Crippen LogP contribution >= 0.6 is 0 Å². The van der Waals surface area contributed by atoms with E-state index in [0.29, 0.717) is 6.54 Å². The van der Waals surface area contributed by atoms with Gasteiger partial charge in [-0.1, -0.05) is 18.2 Å². The second-order valence-corrected chi connectivity index (χ2v) is 10.5. The Labute approximate surface area is 213 Å². The van der Waals surface area contributed by atoms with E-state index in [1.165, 1.54) is 0 Å². The number of hydrogen-bond donors (Lipinski definition) is 2. The number of carbonyl (C=O) groups excluding carboxylic acids is 1. The molecule has 1 amide bonds. The lowest BCUT2D eigenvalue weighted by Crippen LogP contribution is -2.59. The first-order valence-corrected chi connectivity index (χ1v) is 12.8. The molecule has 2 aromatic heterocycles. The Morgan fingerprint density at radius 2 is 1.89 bits per heavy atom. The maximum Gasteiger partial charge on any atom is 0.252 e. The fraction of sp³-hybridized carbons (Fsp3) is 0.345. The number of carbonyl (C=O) groups is 1. The van der Waals surface area contributed by atoms with E-state index >= 15 is 0 Å². The standard InChI is InChI=1S/C29H28N4O4/c1-29-27(36-4)18(30-2)12-21(37-29)32-19-8-6-5-7-15(19)23-24-17(13-31-28(24)34)22-16-10-9-14(35-3)11-20(16)33(29)26(22)25(23)32/h5-11,18,21,27,30H,12-13H2,1-4H3,(H,31,34)/t18-,21+,27-,29-/m0/s1. The van der Waals surface area contributed by atoms with Crippen molar-refractivity contribution in [2.45, 2.75) is 44.0 Å². The molecule has 8 rings (SSSR count). The van der Waals surface area contributed by atoms with E-state index < -0.39 is 5.72 Å². The molecule has 1 saturated heterocycles. The number of ether oxygens (including phenoxy) is 3. The molecule has 8 heteroatoms. The molecule has 37 heavy (non-hydrogen) atoms. The average Bonchev–Trinajstić information content (AvgIpc) is 3.55. The molecule has 3 aromatic carbocycles. The first kappa shape index (κ1) is 21.5. The van der Waals surface area contributed by atoms with Crippen LogP contribution in [-0.2, 0) is 21.7 Å². The second kappa shape index (κ2) is 7.04. The predicted octanol–water partition coefficient (Wildman–Crippen LogP) is 4.36. The molecule has 0 unspecified atom stereocenters. The number of hydrogen-bond acceptors (Lipinski definition) is 5. The van der Waals surface area contributed by atoms with Crippen LogP contribution in [0.25, 0.3) is 43.6 Å². The average molecular weight is 497 g/mol. The minimum Gasteiger partial charge on any atom is -0.497 e. The number of fused-ring (bicyclic) bond motifs is 13. The van der Waals surface area contributed by atoms with Crippen LogP contribution in [0.1, 0.15) is 35.5 Å². The minimum atomic E-state index is -0.824. The third kappa shape index (κ3) is 2.37. The fourth-order valence-corrected chi connectivity index (χ4v) is 7.49. The highest BCUT2D eigenvalue weighted by Crippen LogP contribution is 2.53. The van der Waals surface area contributed by atoms with E-state index in [2.05, 4.69) is 57.0 Å². The SMILES string of the molecule is CN[C@H]1C[C@H]2O[C@@](C)([C@H]1OC)n1c3cc(OC)ccc3c3c4c(c5c6ccccc6n2c5c31)C(=O)NC4. The van der Waals surface area contributed by atoms with Gasteiger partial charge in [0.05, 0.1) is 34.7 Å². The van der Waals surface area contributed by atoms with Gasteiger partial charge in [0.25, 0.3) is 5.91 Å². The smallest absolute Gasteiger partial charge is 0.252 e. The van der Waals surface area contributed by atoms with Crippen LogP contribution in [0.3, 0.4) is 0 Å². The second-order valence-electron chi connectivity index (χ2n) is 10.5. The third-order valence-electron chi connectivity index (χ3n) is 8.90. The number of para-hydroxylation sites is 1. The summed E-state index contributed by atoms with van der Waals surface area (Å²) in [6.45, 7) is 2.63. The van der Waals surface area contributed by atoms with Gasteiger partial charge in [-0.3, -0.25) is 4.79 Å². The van der Waals surface area contributed by atoms with Gasteiger partial charge in [-0.25, -0.2) is 0 Å². The molecule has 0 spiro atoms. The van der Waals surface area contributed by atoms with Crippen molar-refractivity contribution < 1.29 is 19.0 Å². The lowest BCUT2D eigenvalue weighted by atomic mass is 9.93. The Morgan fingerprint density at radius 1 is 1.08 bits per heavy atom. The molecule has 188 valence electrons. The maximum absolute atomic E-state index is 13.4. The summed E-state index contributed by atoms with van der Waals surface area (Å²) in [5, 5.41) is 10.9. The van der Waals surface area contributed by atoms with Crippen molar-refractivity contribution in [2.24, 2.45) is 0 Å². The van der Waals surface area contributed by atoms with Crippen molar-refractivity contribution in [3.05, 3.63) is 53.6 Å². The predicted molar refractivity (Wildman–Crippen MR) is 142 cm³/mol. The van der Waals surface area contributed by atoms with Gasteiger partial charge in [0.1, 0.15) is 18.1 Å². The molecule has 0 saturated carbocycles. The molecule has 8 nitrogen and oxygen atoms in total. The summed E-state index contributed by atoms with van der Waals surface area (Å²) < 4.78 is 23.6. The number of benzene rings is 3. The van der Waals surface area contributed by atoms with E-state index in [0.717, 1.165) is 66.9 Å². The molecule has 0 radical (unpaired) electrons. The van der Waals surface area contributed by atoms with Crippen LogP contribution in [-0.4, -0.2) is 48.5 Å². The first-order chi connectivity index (χ1) is 18.0. The van der Waals surface area contributed by atoms with Gasteiger partial charge in [-0.05, 0) is 37.7 Å². The zero-order valence-corrected chi connectivity index (χ0v) is 21.2. The Morgan fingerprint density at radius 3 is 2.68 bits per heavy atom. The summed E-state index contributed by atoms with van der Waals surface area (Å²) in [7, 11) is 5.43. The van der Waals surface area contributed by atoms with Gasteiger partial charge in [0.2, 0.25) is 0 Å². The maximum atomic E-state index is 13.4. The summed E-state index contributed by atoms with van der Waals surface area (Å²) >= 11 is 0. The van der Waals surface area contributed by atoms with E-state index in [1.807, 2.05) is 19.2 Å². The Bertz CT molecular complexity index is 1820. The number of nitrogens with one attached hydrogen (secondary N) is 2. The molecule has 2 bridgehead atoms. The molecular formula is C29H28N4O4. The van der Waals surface area contributed by atoms with Crippen LogP contribution in [0.4, 0.5) is 0 Å². The zero-order chi connectivity index (χ0) is 25.2. The van der Waals surface area contributed by atoms with E-state index in [1.54, 1.807) is 14.2 Å². The highest BCUT2D eigenvalue weighted by atomic mass is 16.6. The highest BCUT2D eigenvalue weighted by Gasteiger charge is 2.53. The molecule has 3 aliphatic heterocycles. The van der Waals surface area contributed by atoms with Gasteiger partial charge in [0, 0.05) is 53.7 Å². The van der Waals surface area contributed by atoms with E-state index in [4.69, 9.17) is 14.2 Å². The largest absolute Gasteiger partial charge is 0.497 e. The lowest BCUT2D eigenvalue weighted by molar-refractivity contribution is -0.256. The molecule has 5 aromatic rings. The number of amides is 1. The van der Waals surface area contributed by atoms with Crippen molar-refractivity contribution in [2.75, 3.05) is 21.3 Å². The van der Waals surface area contributed by atoms with Crippen LogP contribution in [0.2, 0.25) is 0 Å². The summed E-state index contributed by atoms with van der Waals surface area (Å²) in [5.41, 5.74) is 5.19. The number of rotatable bonds is 3. The van der Waals surface area contributed by atoms with Crippen molar-refractivity contribution in [3.63, 3.8) is 0 Å². The summed E-state index contributed by atoms with van der Waals surface area (Å²) in [6, 6.07) is 14.6. The molecule has 1 fully saturated rings. The van der Waals surface area contributed by atoms with Gasteiger partial charge in [-0.2, -0.15) is 0 Å². The molecule has 2 N–H and O–H groups in total. The molecule has 0 aliphatic carbocycles. The Hall–Kier alpha value is -3.59. The quantitative estimate of drug-likeness (QED) is 0.388. The Kier molecular flexibility index (Phi) is 4.09. The van der Waals surface area contributed by atoms with Crippen molar-refractivity contribution >= 4 is 49.5 Å². The molecular weight excluding hydrogens is 468 g/mol. The third-order valence-corrected chi connectivity index (χ3v) is 8.90. The van der Waals surface area contributed by atoms with E-state index in [-0.39, 0.29) is 24.3 Å². The lowest BCUT2D eigenvalue weighted by Gasteiger charge is -2.48. The Balaban J connectivity index is 1.71. The monoisotopic (exact) mass is 496 g/mol. The fourth-order valence-electron chi connectivity index (χ4n) is 7.49. The first-order valence-electron chi connectivity index (χ1n) is 12.8. The van der Waals surface area contributed by atoms with Crippen molar-refractivity contribution in [1.82, 2.24) is 19.8 Å². The highest BCUT2D eigenvalue weighted by molar-refractivity contribution is 6.31. The van der Waals surface area contributed by atoms with Crippen molar-refractivity contribution in [1.29, 1.82) is 0 Å². The number of likely N-dealkylation sites (N-methyl/N-ethyl adjacent to an activating group) is 1. The van der Waals surface area contributed by atoms with Gasteiger partial charge < -0.3 is 34.0 Å². The van der Waals surface area contributed by atoms with Crippen LogP contribution in [0.15, 0.2) is 42.5 Å². The van der Waals surface area contributed by atoms with Gasteiger partial charge in [0.15, 0.2) is 5.72 Å². The van der Waals surface area contributed by atoms with Crippen LogP contribution in [0.5, 0.6) is 5.75 Å². The summed E-state index contributed by atoms with van der Waals surface area (Å²) in [6.07, 6.45) is 0.232. The van der Waals surface area contributed by atoms with Crippen LogP contribution < -0.4 is 15.4 Å². The number of methoxy groups -OCH3 is 2. The van der Waals surface area contributed by atoms with E-state index in [9.17, 15) is 4.79 Å². The van der Waals surface area contributed by atoms with Gasteiger partial charge >= 0.3 is 0 Å². The summed E-state index contributed by atoms with van der Waals surface area (Å²) in [4.78, 5) is 13.4. The summed E-state index contributed by atoms with van der Waals surface area (Å²) in [5.74, 6) is 0.755. The molecule has 5 heterocycles. The van der Waals surface area contributed by atoms with Crippen LogP contribution in [0, 0.1) is 0 Å². The molecule has 4 atom stereocenters. The minimum absolute atomic E-state index is 0.0172. The molecule has 3 aliphatic rings. The number of aromatic nitrogens is 2. The number of nitrogens with zero attached hydrogens (tertiary/aromatic N) is 2. The zero-order valence-electron chi connectivity index (χ0n) is 21.2. The van der Waals surface area contributed by atoms with Crippen molar-refractivity contribution in [3.8, 4) is 5.75 Å². The van der Waals surface area contributed by atoms with Gasteiger partial charge in [-0.15, -0.1) is 0 Å². The topological polar surface area (TPSA) is 78.7 Å². The normalized spacial score (nSPS) is 26.4.